The fourth-order valence-electron chi connectivity index (χ4n) is 0.490. The van der Waals surface area contributed by atoms with Crippen molar-refractivity contribution in [2.45, 2.75) is 0 Å². The Labute approximate surface area is 73.4 Å². The number of quaternary nitrogens is 1. The van der Waals surface area contributed by atoms with Crippen molar-refractivity contribution in [3.63, 3.8) is 0 Å². The number of hydrogen-bond donors (Lipinski definition) is 2. The summed E-state index contributed by atoms with van der Waals surface area (Å²) in [6.07, 6.45) is 0. The largest absolute Gasteiger partial charge is 0.394 e. The first-order chi connectivity index (χ1) is 5.56. The van der Waals surface area contributed by atoms with Crippen LogP contribution >= 0.6 is 0 Å². The van der Waals surface area contributed by atoms with E-state index in [4.69, 9.17) is 9.94 Å². The molecule has 0 unspecified atom stereocenters. The third-order valence-corrected chi connectivity index (χ3v) is 1.18. The van der Waals surface area contributed by atoms with Crippen molar-refractivity contribution >= 4 is 0 Å². The second kappa shape index (κ2) is 6.33. The van der Waals surface area contributed by atoms with Crippen LogP contribution in [0.4, 0.5) is 0 Å². The van der Waals surface area contributed by atoms with Crippen molar-refractivity contribution in [2.24, 2.45) is 0 Å². The van der Waals surface area contributed by atoms with Gasteiger partial charge < -0.3 is 9.59 Å². The van der Waals surface area contributed by atoms with Gasteiger partial charge in [0.25, 0.3) is 0 Å². The van der Waals surface area contributed by atoms with E-state index in [1.54, 1.807) is 0 Å². The summed E-state index contributed by atoms with van der Waals surface area (Å²) in [5.74, 6) is 0. The van der Waals surface area contributed by atoms with Crippen molar-refractivity contribution in [1.29, 1.82) is 0 Å². The molecule has 0 saturated heterocycles. The van der Waals surface area contributed by atoms with Crippen LogP contribution in [0, 0.1) is 0 Å². The predicted octanol–water partition coefficient (Wildman–Crippen LogP) is -0.862. The molecule has 5 heteroatoms. The van der Waals surface area contributed by atoms with E-state index < -0.39 is 0 Å². The highest BCUT2D eigenvalue weighted by molar-refractivity contribution is 4.23. The lowest BCUT2D eigenvalue weighted by molar-refractivity contribution is -0.871. The van der Waals surface area contributed by atoms with Gasteiger partial charge in [0.05, 0.1) is 34.4 Å². The zero-order valence-electron chi connectivity index (χ0n) is 8.04. The highest BCUT2D eigenvalue weighted by atomic mass is 16.9. The normalized spacial score (nSPS) is 12.0. The maximum atomic E-state index is 8.33. The number of aliphatic hydroxyl groups is 1. The minimum Gasteiger partial charge on any atom is -0.394 e. The molecule has 0 aromatic heterocycles. The third kappa shape index (κ3) is 9.80. The number of aliphatic hydroxyl groups excluding tert-OH is 1. The van der Waals surface area contributed by atoms with Crippen molar-refractivity contribution in [3.05, 3.63) is 0 Å². The Morgan fingerprint density at radius 2 is 1.75 bits per heavy atom. The number of rotatable bonds is 7. The first-order valence-electron chi connectivity index (χ1n) is 3.96. The highest BCUT2D eigenvalue weighted by Gasteiger charge is 2.05. The fraction of sp³-hybridized carbons (Fsp3) is 1.00. The van der Waals surface area contributed by atoms with Crippen LogP contribution in [-0.2, 0) is 9.68 Å². The van der Waals surface area contributed by atoms with E-state index in [-0.39, 0.29) is 13.2 Å². The summed E-state index contributed by atoms with van der Waals surface area (Å²) in [5, 5.41) is 8.33. The van der Waals surface area contributed by atoms with Crippen LogP contribution in [0.5, 0.6) is 0 Å². The van der Waals surface area contributed by atoms with E-state index in [1.807, 2.05) is 0 Å². The summed E-state index contributed by atoms with van der Waals surface area (Å²) in [6, 6.07) is 0. The van der Waals surface area contributed by atoms with Gasteiger partial charge in [-0.15, -0.1) is 0 Å². The van der Waals surface area contributed by atoms with E-state index in [1.165, 1.54) is 0 Å². The maximum Gasteiger partial charge on any atom is 0.120 e. The standard InChI is InChI=1S/C7H19N2O3/c1-9(2,3)4-6-11-8-12-7-5-10/h8,10H,4-7H2,1-3H3/q+1. The van der Waals surface area contributed by atoms with Crippen LogP contribution in [0.15, 0.2) is 0 Å². The Morgan fingerprint density at radius 1 is 1.17 bits per heavy atom. The zero-order chi connectivity index (χ0) is 9.45. The molecule has 0 bridgehead atoms. The predicted molar refractivity (Wildman–Crippen MR) is 45.0 cm³/mol. The van der Waals surface area contributed by atoms with Gasteiger partial charge in [-0.05, 0) is 0 Å². The van der Waals surface area contributed by atoms with E-state index in [0.717, 1.165) is 11.0 Å². The quantitative estimate of drug-likeness (QED) is 0.303. The lowest BCUT2D eigenvalue weighted by Gasteiger charge is -2.23. The Hall–Kier alpha value is -0.200. The van der Waals surface area contributed by atoms with Gasteiger partial charge in [-0.25, -0.2) is 0 Å². The highest BCUT2D eigenvalue weighted by Crippen LogP contribution is 1.87. The van der Waals surface area contributed by atoms with Crippen LogP contribution in [0.25, 0.3) is 0 Å². The van der Waals surface area contributed by atoms with Crippen LogP contribution in [-0.4, -0.2) is 57.1 Å². The Kier molecular flexibility index (Phi) is 6.23. The van der Waals surface area contributed by atoms with Gasteiger partial charge in [0.15, 0.2) is 0 Å². The van der Waals surface area contributed by atoms with Crippen molar-refractivity contribution in [2.75, 3.05) is 47.5 Å². The zero-order valence-corrected chi connectivity index (χ0v) is 8.04. The second-order valence-corrected chi connectivity index (χ2v) is 3.52. The molecule has 0 rings (SSSR count). The van der Waals surface area contributed by atoms with Crippen LogP contribution in [0.2, 0.25) is 0 Å². The van der Waals surface area contributed by atoms with E-state index >= 15 is 0 Å². The summed E-state index contributed by atoms with van der Waals surface area (Å²) in [7, 11) is 6.24. The number of nitrogens with zero attached hydrogens (tertiary/aromatic N) is 1. The van der Waals surface area contributed by atoms with Crippen LogP contribution in [0.3, 0.4) is 0 Å². The Morgan fingerprint density at radius 3 is 2.25 bits per heavy atom. The average molecular weight is 179 g/mol. The van der Waals surface area contributed by atoms with Gasteiger partial charge in [-0.3, -0.25) is 9.68 Å². The van der Waals surface area contributed by atoms with E-state index in [2.05, 4.69) is 31.6 Å². The first kappa shape index (κ1) is 11.8. The topological polar surface area (TPSA) is 50.7 Å². The molecule has 0 aliphatic rings. The molecule has 0 aliphatic carbocycles. The first-order valence-corrected chi connectivity index (χ1v) is 3.96. The molecule has 5 nitrogen and oxygen atoms in total. The molecule has 0 spiro atoms. The molecular formula is C7H19N2O3+. The molecular weight excluding hydrogens is 160 g/mol. The summed E-state index contributed by atoms with van der Waals surface area (Å²) >= 11 is 0. The number of likely N-dealkylation sites (N-methyl/N-ethyl adjacent to an activating group) is 1. The van der Waals surface area contributed by atoms with Gasteiger partial charge in [-0.2, -0.15) is 0 Å². The van der Waals surface area contributed by atoms with E-state index in [9.17, 15) is 0 Å². The summed E-state index contributed by atoms with van der Waals surface area (Å²) in [6.45, 7) is 1.71. The molecule has 12 heavy (non-hydrogen) atoms. The molecule has 0 atom stereocenters. The van der Waals surface area contributed by atoms with Crippen LogP contribution in [0.1, 0.15) is 0 Å². The Balaban J connectivity index is 3.01. The fourth-order valence-corrected chi connectivity index (χ4v) is 0.490. The Bertz CT molecular complexity index is 103. The van der Waals surface area contributed by atoms with Crippen molar-refractivity contribution < 1.29 is 19.3 Å². The molecule has 0 radical (unpaired) electrons. The SMILES string of the molecule is C[N+](C)(C)CCONOCCO. The maximum absolute atomic E-state index is 8.33. The monoisotopic (exact) mass is 179 g/mol. The third-order valence-electron chi connectivity index (χ3n) is 1.18. The molecule has 0 aromatic rings. The summed E-state index contributed by atoms with van der Waals surface area (Å²) < 4.78 is 0.849. The minimum atomic E-state index is -0.00824. The minimum absolute atomic E-state index is 0.00824. The van der Waals surface area contributed by atoms with Gasteiger partial charge >= 0.3 is 0 Å². The van der Waals surface area contributed by atoms with Gasteiger partial charge in [-0.1, -0.05) is 5.64 Å². The lowest BCUT2D eigenvalue weighted by Crippen LogP contribution is -2.38. The average Bonchev–Trinajstić information content (AvgIpc) is 1.94. The van der Waals surface area contributed by atoms with Gasteiger partial charge in [0.1, 0.15) is 13.2 Å². The number of hydrogen-bond acceptors (Lipinski definition) is 4. The summed E-state index contributed by atoms with van der Waals surface area (Å²) in [4.78, 5) is 9.58. The van der Waals surface area contributed by atoms with Crippen molar-refractivity contribution in [3.8, 4) is 0 Å². The molecule has 0 amide bonds. The summed E-state index contributed by atoms with van der Waals surface area (Å²) in [5.41, 5.74) is 2.29. The molecule has 0 fully saturated rings. The molecule has 0 saturated carbocycles. The number of nitrogens with one attached hydrogen (secondary N) is 1. The van der Waals surface area contributed by atoms with Crippen molar-refractivity contribution in [1.82, 2.24) is 5.64 Å². The molecule has 0 heterocycles. The smallest absolute Gasteiger partial charge is 0.120 e. The van der Waals surface area contributed by atoms with Gasteiger partial charge in [0.2, 0.25) is 0 Å². The molecule has 2 N–H and O–H groups in total. The van der Waals surface area contributed by atoms with E-state index in [0.29, 0.717) is 6.61 Å². The second-order valence-electron chi connectivity index (χ2n) is 3.52. The molecule has 0 aromatic carbocycles. The lowest BCUT2D eigenvalue weighted by atomic mass is 10.5. The van der Waals surface area contributed by atoms with Gasteiger partial charge in [0, 0.05) is 0 Å². The molecule has 74 valence electrons. The molecule has 0 aliphatic heterocycles. The van der Waals surface area contributed by atoms with Crippen LogP contribution < -0.4 is 5.64 Å².